The van der Waals surface area contributed by atoms with Gasteiger partial charge in [-0.1, -0.05) is 31.4 Å². The first-order chi connectivity index (χ1) is 17.3. The van der Waals surface area contributed by atoms with Crippen molar-refractivity contribution in [2.45, 2.75) is 88.3 Å². The van der Waals surface area contributed by atoms with Gasteiger partial charge in [-0.2, -0.15) is 0 Å². The molecule has 0 radical (unpaired) electrons. The quantitative estimate of drug-likeness (QED) is 0.489. The summed E-state index contributed by atoms with van der Waals surface area (Å²) in [4.78, 5) is 31.6. The molecule has 200 valence electrons. The number of aliphatic hydroxyl groups is 1. The number of carbonyl (C=O) groups is 2. The molecule has 0 spiro atoms. The van der Waals surface area contributed by atoms with Gasteiger partial charge in [0.15, 0.2) is 0 Å². The first kappa shape index (κ1) is 27.1. The van der Waals surface area contributed by atoms with E-state index in [1.54, 1.807) is 6.07 Å². The Morgan fingerprint density at radius 2 is 1.75 bits per heavy atom. The van der Waals surface area contributed by atoms with E-state index in [4.69, 9.17) is 5.73 Å². The summed E-state index contributed by atoms with van der Waals surface area (Å²) < 4.78 is 0. The van der Waals surface area contributed by atoms with Gasteiger partial charge in [0, 0.05) is 43.8 Å². The van der Waals surface area contributed by atoms with Gasteiger partial charge in [-0.25, -0.2) is 0 Å². The number of fused-ring (bicyclic) bond motifs is 2. The number of hydrogen-bond donors (Lipinski definition) is 2. The summed E-state index contributed by atoms with van der Waals surface area (Å²) in [6.07, 6.45) is 10.3. The first-order valence-electron chi connectivity index (χ1n) is 14.1. The van der Waals surface area contributed by atoms with Crippen LogP contribution in [0.5, 0.6) is 0 Å². The van der Waals surface area contributed by atoms with E-state index in [0.717, 1.165) is 25.9 Å². The number of carbonyl (C=O) groups excluding carboxylic acids is 2. The van der Waals surface area contributed by atoms with Crippen molar-refractivity contribution < 1.29 is 14.7 Å². The molecule has 3 fully saturated rings. The third-order valence-electron chi connectivity index (χ3n) is 8.80. The summed E-state index contributed by atoms with van der Waals surface area (Å²) in [6.45, 7) is 3.06. The SMILES string of the molecule is CN(C)CC[C@H](O)C(=O)N(CCN1C2CCC1CC(c1cccc(C(N)=O)c1)C2)CC1CCCCC1. The van der Waals surface area contributed by atoms with Gasteiger partial charge >= 0.3 is 0 Å². The number of primary amides is 1. The minimum Gasteiger partial charge on any atom is -0.383 e. The lowest BCUT2D eigenvalue weighted by Crippen LogP contribution is -2.49. The van der Waals surface area contributed by atoms with Gasteiger partial charge in [0.2, 0.25) is 5.91 Å². The zero-order chi connectivity index (χ0) is 25.7. The van der Waals surface area contributed by atoms with Gasteiger partial charge in [-0.05, 0) is 88.6 Å². The average molecular weight is 499 g/mol. The van der Waals surface area contributed by atoms with E-state index in [0.29, 0.717) is 49.0 Å². The highest BCUT2D eigenvalue weighted by Crippen LogP contribution is 2.43. The Labute approximate surface area is 217 Å². The lowest BCUT2D eigenvalue weighted by Gasteiger charge is -2.41. The standard InChI is InChI=1S/C29H46N4O3/c1-31(2)14-13-27(34)29(36)32(20-21-7-4-3-5-8-21)15-16-33-25-11-12-26(33)19-24(18-25)22-9-6-10-23(17-22)28(30)35/h6,9-10,17,21,24-27,34H,3-5,7-8,11-16,18-20H2,1-2H3,(H2,30,35)/t24?,25?,26?,27-/m0/s1. The molecule has 7 heteroatoms. The molecule has 0 aromatic heterocycles. The predicted octanol–water partition coefficient (Wildman–Crippen LogP) is 3.22. The maximum atomic E-state index is 13.3. The van der Waals surface area contributed by atoms with Crippen molar-refractivity contribution >= 4 is 11.8 Å². The van der Waals surface area contributed by atoms with Crippen LogP contribution in [0.15, 0.2) is 24.3 Å². The Morgan fingerprint density at radius 1 is 1.06 bits per heavy atom. The Bertz CT molecular complexity index is 871. The number of piperidine rings is 1. The highest BCUT2D eigenvalue weighted by Gasteiger charge is 2.41. The van der Waals surface area contributed by atoms with Gasteiger partial charge in [-0.3, -0.25) is 14.5 Å². The van der Waals surface area contributed by atoms with Crippen LogP contribution in [-0.2, 0) is 4.79 Å². The number of rotatable bonds is 11. The van der Waals surface area contributed by atoms with E-state index in [1.165, 1.54) is 50.5 Å². The van der Waals surface area contributed by atoms with E-state index < -0.39 is 6.10 Å². The Hall–Kier alpha value is -1.96. The molecule has 3 N–H and O–H groups in total. The van der Waals surface area contributed by atoms with Crippen LogP contribution in [-0.4, -0.2) is 90.1 Å². The second kappa shape index (κ2) is 12.5. The fourth-order valence-corrected chi connectivity index (χ4v) is 6.78. The van der Waals surface area contributed by atoms with Crippen LogP contribution in [0.4, 0.5) is 0 Å². The first-order valence-corrected chi connectivity index (χ1v) is 14.1. The van der Waals surface area contributed by atoms with Crippen LogP contribution in [0, 0.1) is 5.92 Å². The van der Waals surface area contributed by atoms with E-state index in [-0.39, 0.29) is 11.8 Å². The molecule has 4 rings (SSSR count). The molecule has 3 aliphatic rings. The van der Waals surface area contributed by atoms with E-state index in [2.05, 4.69) is 11.0 Å². The van der Waals surface area contributed by atoms with Crippen LogP contribution < -0.4 is 5.73 Å². The summed E-state index contributed by atoms with van der Waals surface area (Å²) in [5.41, 5.74) is 7.33. The maximum absolute atomic E-state index is 13.3. The zero-order valence-corrected chi connectivity index (χ0v) is 22.3. The topological polar surface area (TPSA) is 90.1 Å². The van der Waals surface area contributed by atoms with Crippen LogP contribution in [0.1, 0.15) is 86.0 Å². The fourth-order valence-electron chi connectivity index (χ4n) is 6.78. The zero-order valence-electron chi connectivity index (χ0n) is 22.3. The number of nitrogens with two attached hydrogens (primary N) is 1. The summed E-state index contributed by atoms with van der Waals surface area (Å²) in [7, 11) is 3.95. The van der Waals surface area contributed by atoms with Crippen molar-refractivity contribution in [3.8, 4) is 0 Å². The molecule has 2 bridgehead atoms. The molecule has 2 amide bonds. The predicted molar refractivity (Wildman–Crippen MR) is 143 cm³/mol. The Balaban J connectivity index is 1.38. The minimum atomic E-state index is -0.920. The normalized spacial score (nSPS) is 25.7. The molecule has 2 unspecified atom stereocenters. The number of aliphatic hydroxyl groups excluding tert-OH is 1. The molecule has 2 heterocycles. The molecule has 1 aromatic carbocycles. The van der Waals surface area contributed by atoms with Gasteiger partial charge in [0.25, 0.3) is 5.91 Å². The van der Waals surface area contributed by atoms with Gasteiger partial charge in [-0.15, -0.1) is 0 Å². The molecule has 2 aliphatic heterocycles. The van der Waals surface area contributed by atoms with Crippen LogP contribution >= 0.6 is 0 Å². The number of nitrogens with zero attached hydrogens (tertiary/aromatic N) is 3. The minimum absolute atomic E-state index is 0.0899. The monoisotopic (exact) mass is 498 g/mol. The van der Waals surface area contributed by atoms with Crippen molar-refractivity contribution in [2.75, 3.05) is 40.3 Å². The second-order valence-corrected chi connectivity index (χ2v) is 11.7. The van der Waals surface area contributed by atoms with E-state index in [9.17, 15) is 14.7 Å². The second-order valence-electron chi connectivity index (χ2n) is 11.7. The van der Waals surface area contributed by atoms with Gasteiger partial charge in [0.05, 0.1) is 0 Å². The number of benzene rings is 1. The number of amides is 2. The van der Waals surface area contributed by atoms with Crippen molar-refractivity contribution in [2.24, 2.45) is 11.7 Å². The highest BCUT2D eigenvalue weighted by molar-refractivity contribution is 5.92. The van der Waals surface area contributed by atoms with Crippen molar-refractivity contribution in [3.05, 3.63) is 35.4 Å². The molecular formula is C29H46N4O3. The lowest BCUT2D eigenvalue weighted by molar-refractivity contribution is -0.142. The molecular weight excluding hydrogens is 452 g/mol. The summed E-state index contributed by atoms with van der Waals surface area (Å²) >= 11 is 0. The molecule has 2 saturated heterocycles. The van der Waals surface area contributed by atoms with Crippen LogP contribution in [0.2, 0.25) is 0 Å². The van der Waals surface area contributed by atoms with Crippen molar-refractivity contribution in [1.82, 2.24) is 14.7 Å². The van der Waals surface area contributed by atoms with Gasteiger partial charge < -0.3 is 20.6 Å². The van der Waals surface area contributed by atoms with E-state index in [1.807, 2.05) is 36.0 Å². The molecule has 1 saturated carbocycles. The number of hydrogen-bond acceptors (Lipinski definition) is 5. The Morgan fingerprint density at radius 3 is 2.39 bits per heavy atom. The van der Waals surface area contributed by atoms with E-state index >= 15 is 0 Å². The maximum Gasteiger partial charge on any atom is 0.251 e. The fraction of sp³-hybridized carbons (Fsp3) is 0.724. The third kappa shape index (κ3) is 6.87. The van der Waals surface area contributed by atoms with Crippen molar-refractivity contribution in [1.29, 1.82) is 0 Å². The largest absolute Gasteiger partial charge is 0.383 e. The van der Waals surface area contributed by atoms with Gasteiger partial charge in [0.1, 0.15) is 6.10 Å². The lowest BCUT2D eigenvalue weighted by atomic mass is 9.84. The van der Waals surface area contributed by atoms with Crippen molar-refractivity contribution in [3.63, 3.8) is 0 Å². The summed E-state index contributed by atoms with van der Waals surface area (Å²) in [5, 5.41) is 10.7. The Kier molecular flexibility index (Phi) is 9.42. The molecule has 7 nitrogen and oxygen atoms in total. The molecule has 1 aliphatic carbocycles. The molecule has 1 aromatic rings. The summed E-state index contributed by atoms with van der Waals surface area (Å²) in [6, 6.07) is 8.86. The van der Waals surface area contributed by atoms with Crippen LogP contribution in [0.3, 0.4) is 0 Å². The summed E-state index contributed by atoms with van der Waals surface area (Å²) in [5.74, 6) is 0.551. The van der Waals surface area contributed by atoms with Crippen LogP contribution in [0.25, 0.3) is 0 Å². The third-order valence-corrected chi connectivity index (χ3v) is 8.80. The molecule has 3 atom stereocenters. The molecule has 36 heavy (non-hydrogen) atoms. The smallest absolute Gasteiger partial charge is 0.251 e. The highest BCUT2D eigenvalue weighted by atomic mass is 16.3. The average Bonchev–Trinajstić information content (AvgIpc) is 3.11.